The number of amides is 1. The van der Waals surface area contributed by atoms with E-state index in [-0.39, 0.29) is 33.7 Å². The normalized spacial score (nSPS) is 12.0. The van der Waals surface area contributed by atoms with Gasteiger partial charge in [-0.1, -0.05) is 0 Å². The molecule has 0 spiro atoms. The highest BCUT2D eigenvalue weighted by Crippen LogP contribution is 2.38. The minimum atomic E-state index is -4.89. The second-order valence-electron chi connectivity index (χ2n) is 8.22. The second-order valence-corrected chi connectivity index (χ2v) is 8.22. The van der Waals surface area contributed by atoms with Gasteiger partial charge in [0.2, 0.25) is 5.91 Å². The quantitative estimate of drug-likeness (QED) is 0.308. The maximum absolute atomic E-state index is 14.2. The number of imidazole rings is 1. The molecule has 1 amide bonds. The van der Waals surface area contributed by atoms with Crippen molar-refractivity contribution in [2.75, 3.05) is 11.9 Å². The van der Waals surface area contributed by atoms with Crippen molar-refractivity contribution < 1.29 is 26.7 Å². The van der Waals surface area contributed by atoms with Gasteiger partial charge in [-0.05, 0) is 24.3 Å². The molecular weight excluding hydrogens is 513 g/mol. The van der Waals surface area contributed by atoms with Crippen molar-refractivity contribution in [1.29, 1.82) is 0 Å². The van der Waals surface area contributed by atoms with Gasteiger partial charge in [0, 0.05) is 36.8 Å². The number of hydrogen-bond donors (Lipinski definition) is 2. The van der Waals surface area contributed by atoms with Crippen LogP contribution < -0.4 is 11.1 Å². The van der Waals surface area contributed by atoms with E-state index in [0.29, 0.717) is 11.3 Å². The highest BCUT2D eigenvalue weighted by molar-refractivity contribution is 5.95. The number of nitrogens with one attached hydrogen (secondary N) is 1. The number of alkyl halides is 5. The zero-order valence-corrected chi connectivity index (χ0v) is 19.5. The third-order valence-corrected chi connectivity index (χ3v) is 5.63. The van der Waals surface area contributed by atoms with Crippen LogP contribution in [0.2, 0.25) is 0 Å². The van der Waals surface area contributed by atoms with Gasteiger partial charge in [0.15, 0.2) is 11.3 Å². The summed E-state index contributed by atoms with van der Waals surface area (Å²) in [5, 5.41) is 9.96. The van der Waals surface area contributed by atoms with E-state index < -0.39 is 30.7 Å². The fourth-order valence-electron chi connectivity index (χ4n) is 3.97. The van der Waals surface area contributed by atoms with Gasteiger partial charge in [0.1, 0.15) is 0 Å². The van der Waals surface area contributed by atoms with Gasteiger partial charge < -0.3 is 15.6 Å². The molecule has 1 aromatic carbocycles. The Morgan fingerprint density at radius 3 is 2.58 bits per heavy atom. The fourth-order valence-corrected chi connectivity index (χ4v) is 3.97. The molecule has 0 bridgehead atoms. The van der Waals surface area contributed by atoms with Crippen molar-refractivity contribution >= 4 is 22.6 Å². The number of fused-ring (bicyclic) bond motifs is 1. The predicted octanol–water partition coefficient (Wildman–Crippen LogP) is 3.80. The highest BCUT2D eigenvalue weighted by Gasteiger charge is 2.39. The number of pyridine rings is 1. The number of nitrogens with zero attached hydrogens (tertiary/aromatic N) is 7. The number of halogens is 5. The fraction of sp³-hybridized carbons (Fsp3) is 0.174. The number of carbonyl (C=O) groups is 1. The van der Waals surface area contributed by atoms with E-state index in [9.17, 15) is 26.7 Å². The molecule has 3 N–H and O–H groups in total. The average molecular weight is 531 g/mol. The number of primary amides is 1. The zero-order chi connectivity index (χ0) is 27.2. The van der Waals surface area contributed by atoms with E-state index in [4.69, 9.17) is 5.73 Å². The Balaban J connectivity index is 1.72. The highest BCUT2D eigenvalue weighted by atomic mass is 19.4. The lowest BCUT2D eigenvalue weighted by Gasteiger charge is -2.13. The summed E-state index contributed by atoms with van der Waals surface area (Å²) in [4.78, 5) is 20.0. The van der Waals surface area contributed by atoms with Crippen molar-refractivity contribution in [3.8, 4) is 22.6 Å². The van der Waals surface area contributed by atoms with Crippen molar-refractivity contribution in [2.24, 2.45) is 12.8 Å². The van der Waals surface area contributed by atoms with Gasteiger partial charge in [-0.2, -0.15) is 23.4 Å². The molecule has 5 rings (SSSR count). The lowest BCUT2D eigenvalue weighted by atomic mass is 10.1. The van der Waals surface area contributed by atoms with Crippen LogP contribution in [-0.2, 0) is 13.2 Å². The maximum Gasteiger partial charge on any atom is 0.435 e. The Morgan fingerprint density at radius 1 is 1.13 bits per heavy atom. The lowest BCUT2D eigenvalue weighted by molar-refractivity contribution is -0.140. The summed E-state index contributed by atoms with van der Waals surface area (Å²) < 4.78 is 72.4. The van der Waals surface area contributed by atoms with Crippen LogP contribution in [-0.4, -0.2) is 53.0 Å². The molecule has 0 aliphatic heterocycles. The lowest BCUT2D eigenvalue weighted by Crippen LogP contribution is -2.16. The largest absolute Gasteiger partial charge is 0.435 e. The molecule has 5 aromatic rings. The third kappa shape index (κ3) is 4.53. The number of nitrogens with two attached hydrogens (primary N) is 1. The van der Waals surface area contributed by atoms with Crippen molar-refractivity contribution in [3.63, 3.8) is 0 Å². The van der Waals surface area contributed by atoms with Gasteiger partial charge in [0.25, 0.3) is 6.43 Å². The molecule has 196 valence electrons. The van der Waals surface area contributed by atoms with Gasteiger partial charge >= 0.3 is 6.18 Å². The summed E-state index contributed by atoms with van der Waals surface area (Å²) >= 11 is 0. The Bertz CT molecular complexity index is 1650. The van der Waals surface area contributed by atoms with Gasteiger partial charge in [-0.25, -0.2) is 23.4 Å². The topological polar surface area (TPSA) is 121 Å². The number of carbonyl (C=O) groups excluding carboxylic acids is 1. The van der Waals surface area contributed by atoms with E-state index in [1.54, 1.807) is 30.3 Å². The first-order chi connectivity index (χ1) is 18.0. The molecule has 10 nitrogen and oxygen atoms in total. The maximum atomic E-state index is 14.2. The minimum absolute atomic E-state index is 0.0342. The van der Waals surface area contributed by atoms with Crippen LogP contribution in [0, 0.1) is 0 Å². The standard InChI is InChI=1S/C23H18F5N9O/c1-35-9-13(7-33-35)15-10-36(11-32-15)17-4-5-30-22-19(17)20(23(26,27)28)34-37(22)16-3-2-12(21(29)38)6-14(16)31-8-18(24)25/h2-7,9-11,18,31H,8H2,1H3,(H2,29,38). The van der Waals surface area contributed by atoms with Crippen LogP contribution in [0.3, 0.4) is 0 Å². The summed E-state index contributed by atoms with van der Waals surface area (Å²) in [6, 6.07) is 5.06. The number of rotatable bonds is 7. The number of aromatic nitrogens is 7. The number of anilines is 1. The van der Waals surface area contributed by atoms with Crippen LogP contribution >= 0.6 is 0 Å². The Kier molecular flexibility index (Phi) is 6.05. The number of hydrogen-bond acceptors (Lipinski definition) is 6. The van der Waals surface area contributed by atoms with E-state index in [0.717, 1.165) is 4.68 Å². The van der Waals surface area contributed by atoms with Crippen LogP contribution in [0.5, 0.6) is 0 Å². The molecule has 4 heterocycles. The van der Waals surface area contributed by atoms with E-state index >= 15 is 0 Å². The molecule has 15 heteroatoms. The predicted molar refractivity (Wildman–Crippen MR) is 126 cm³/mol. The number of benzene rings is 1. The van der Waals surface area contributed by atoms with Crippen LogP contribution in [0.15, 0.2) is 55.4 Å². The van der Waals surface area contributed by atoms with Crippen LogP contribution in [0.25, 0.3) is 33.7 Å². The summed E-state index contributed by atoms with van der Waals surface area (Å²) in [7, 11) is 1.72. The third-order valence-electron chi connectivity index (χ3n) is 5.63. The van der Waals surface area contributed by atoms with Gasteiger partial charge in [0.05, 0.1) is 47.2 Å². The van der Waals surface area contributed by atoms with E-state index in [2.05, 4.69) is 25.5 Å². The van der Waals surface area contributed by atoms with Crippen LogP contribution in [0.4, 0.5) is 27.6 Å². The number of aryl methyl sites for hydroxylation is 1. The SMILES string of the molecule is Cn1cc(-c2cn(-c3ccnc4c3c(C(F)(F)F)nn4-c3ccc(C(N)=O)cc3NCC(F)F)cn2)cn1. The van der Waals surface area contributed by atoms with E-state index in [1.807, 2.05) is 0 Å². The molecule has 38 heavy (non-hydrogen) atoms. The molecule has 4 aromatic heterocycles. The molecular formula is C23H18F5N9O. The smallest absolute Gasteiger partial charge is 0.378 e. The molecule has 0 aliphatic rings. The minimum Gasteiger partial charge on any atom is -0.378 e. The van der Waals surface area contributed by atoms with Gasteiger partial charge in [-0.3, -0.25) is 9.48 Å². The van der Waals surface area contributed by atoms with Crippen molar-refractivity contribution in [3.05, 3.63) is 66.6 Å². The molecule has 0 saturated heterocycles. The van der Waals surface area contributed by atoms with Crippen molar-refractivity contribution in [1.82, 2.24) is 34.1 Å². The molecule has 0 radical (unpaired) electrons. The monoisotopic (exact) mass is 531 g/mol. The zero-order valence-electron chi connectivity index (χ0n) is 19.5. The molecule has 0 saturated carbocycles. The molecule has 0 atom stereocenters. The summed E-state index contributed by atoms with van der Waals surface area (Å²) in [6.07, 6.45) is -0.205. The first-order valence-corrected chi connectivity index (χ1v) is 11.0. The average Bonchev–Trinajstić information content (AvgIpc) is 3.60. The first-order valence-electron chi connectivity index (χ1n) is 11.0. The van der Waals surface area contributed by atoms with E-state index in [1.165, 1.54) is 41.4 Å². The van der Waals surface area contributed by atoms with Gasteiger partial charge in [-0.15, -0.1) is 0 Å². The molecule has 0 aliphatic carbocycles. The molecule has 0 fully saturated rings. The Morgan fingerprint density at radius 2 is 1.92 bits per heavy atom. The first kappa shape index (κ1) is 24.9. The Labute approximate surface area is 210 Å². The summed E-state index contributed by atoms with van der Waals surface area (Å²) in [5.41, 5.74) is 4.93. The summed E-state index contributed by atoms with van der Waals surface area (Å²) in [5.74, 6) is -0.845. The summed E-state index contributed by atoms with van der Waals surface area (Å²) in [6.45, 7) is -0.828. The second kappa shape index (κ2) is 9.24. The Hall–Kier alpha value is -4.82. The molecule has 0 unspecified atom stereocenters. The van der Waals surface area contributed by atoms with Crippen molar-refractivity contribution in [2.45, 2.75) is 12.6 Å². The van der Waals surface area contributed by atoms with Crippen LogP contribution in [0.1, 0.15) is 16.1 Å².